The molecule has 3 rings (SSSR count). The summed E-state index contributed by atoms with van der Waals surface area (Å²) in [6.07, 6.45) is -4.46. The molecule has 0 radical (unpaired) electrons. The van der Waals surface area contributed by atoms with Gasteiger partial charge >= 0.3 is 17.9 Å². The van der Waals surface area contributed by atoms with E-state index < -0.39 is 54.5 Å². The maximum atomic E-state index is 13.2. The van der Waals surface area contributed by atoms with E-state index in [2.05, 4.69) is 10.5 Å². The van der Waals surface area contributed by atoms with Crippen LogP contribution in [0.2, 0.25) is 0 Å². The molecule has 1 saturated heterocycles. The molecule has 1 aromatic carbocycles. The lowest BCUT2D eigenvalue weighted by molar-refractivity contribution is -0.278. The fraction of sp³-hybridized carbons (Fsp3) is 0.538. The van der Waals surface area contributed by atoms with E-state index in [1.807, 2.05) is 26.0 Å². The standard InChI is InChI=1S/C26H33N3O10/c1-7-10-29-19-9-8-13(2)11-18(19)21(25(29)34)28-39-26-22(27-14(3)30)24(37-17(6)33)23(36-16(5)32)20(38-26)12-35-15(4)31/h8-9,11,20,22-24,26H,7,10,12H2,1-6H3,(H,27,30)/b28-21+/t20-,22+,23+,24+,26+/m1/s1. The minimum Gasteiger partial charge on any atom is -0.463 e. The van der Waals surface area contributed by atoms with Crippen LogP contribution in [0.5, 0.6) is 0 Å². The number of hydrogen-bond donors (Lipinski definition) is 1. The summed E-state index contributed by atoms with van der Waals surface area (Å²) in [4.78, 5) is 68.1. The monoisotopic (exact) mass is 547 g/mol. The van der Waals surface area contributed by atoms with Gasteiger partial charge in [-0.3, -0.25) is 24.0 Å². The quantitative estimate of drug-likeness (QED) is 0.270. The molecule has 2 heterocycles. The van der Waals surface area contributed by atoms with Crippen molar-refractivity contribution in [3.63, 3.8) is 0 Å². The molecule has 2 aliphatic heterocycles. The molecule has 39 heavy (non-hydrogen) atoms. The van der Waals surface area contributed by atoms with Gasteiger partial charge in [-0.25, -0.2) is 0 Å². The zero-order valence-electron chi connectivity index (χ0n) is 22.7. The topological polar surface area (TPSA) is 159 Å². The van der Waals surface area contributed by atoms with Crippen molar-refractivity contribution in [3.8, 4) is 0 Å². The minimum atomic E-state index is -1.43. The lowest BCUT2D eigenvalue weighted by Crippen LogP contribution is -2.66. The molecule has 13 heteroatoms. The van der Waals surface area contributed by atoms with E-state index in [0.717, 1.165) is 19.4 Å². The molecule has 0 saturated carbocycles. The van der Waals surface area contributed by atoms with Crippen LogP contribution in [0.3, 0.4) is 0 Å². The first-order chi connectivity index (χ1) is 18.4. The third-order valence-corrected chi connectivity index (χ3v) is 5.91. The van der Waals surface area contributed by atoms with Crippen LogP contribution in [-0.4, -0.2) is 79.2 Å². The maximum absolute atomic E-state index is 13.2. The van der Waals surface area contributed by atoms with Crippen LogP contribution in [0, 0.1) is 6.92 Å². The van der Waals surface area contributed by atoms with Gasteiger partial charge in [-0.05, 0) is 25.5 Å². The normalized spacial score (nSPS) is 25.1. The van der Waals surface area contributed by atoms with Crippen molar-refractivity contribution >= 4 is 41.1 Å². The predicted molar refractivity (Wildman–Crippen MR) is 135 cm³/mol. The molecule has 0 aromatic heterocycles. The molecule has 1 aromatic rings. The van der Waals surface area contributed by atoms with Crippen LogP contribution in [0.1, 0.15) is 52.2 Å². The van der Waals surface area contributed by atoms with Crippen LogP contribution in [0.25, 0.3) is 0 Å². The summed E-state index contributed by atoms with van der Waals surface area (Å²) in [6, 6.07) is 4.30. The summed E-state index contributed by atoms with van der Waals surface area (Å²) in [7, 11) is 0. The number of anilines is 1. The molecular formula is C26H33N3O10. The van der Waals surface area contributed by atoms with Gasteiger partial charge in [-0.1, -0.05) is 23.7 Å². The van der Waals surface area contributed by atoms with Gasteiger partial charge in [0.25, 0.3) is 12.2 Å². The Labute approximate surface area is 225 Å². The van der Waals surface area contributed by atoms with Crippen LogP contribution in [-0.2, 0) is 47.8 Å². The number of ether oxygens (including phenoxy) is 4. The number of amides is 2. The molecule has 0 spiro atoms. The van der Waals surface area contributed by atoms with Gasteiger partial charge in [0.2, 0.25) is 5.91 Å². The fourth-order valence-corrected chi connectivity index (χ4v) is 4.45. The SMILES string of the molecule is CCCN1C(=O)/C(=N/O[C@@H]2O[C@H](COC(C)=O)[C@H](OC(C)=O)[C@@H](OC(C)=O)[C@@H]2NC(C)=O)c2cc(C)ccc21. The first kappa shape index (κ1) is 29.6. The number of oxime groups is 1. The zero-order chi connectivity index (χ0) is 28.9. The Morgan fingerprint density at radius 1 is 1.03 bits per heavy atom. The average molecular weight is 548 g/mol. The van der Waals surface area contributed by atoms with E-state index in [0.29, 0.717) is 24.2 Å². The highest BCUT2D eigenvalue weighted by Gasteiger charge is 2.52. The summed E-state index contributed by atoms with van der Waals surface area (Å²) >= 11 is 0. The second-order valence-corrected chi connectivity index (χ2v) is 9.24. The third-order valence-electron chi connectivity index (χ3n) is 5.91. The molecule has 1 fully saturated rings. The molecule has 212 valence electrons. The predicted octanol–water partition coefficient (Wildman–Crippen LogP) is 1.13. The summed E-state index contributed by atoms with van der Waals surface area (Å²) in [5, 5.41) is 6.71. The molecule has 0 bridgehead atoms. The van der Waals surface area contributed by atoms with Gasteiger partial charge in [-0.15, -0.1) is 0 Å². The lowest BCUT2D eigenvalue weighted by atomic mass is 9.96. The number of rotatable bonds is 9. The first-order valence-electron chi connectivity index (χ1n) is 12.5. The van der Waals surface area contributed by atoms with Crippen LogP contribution in [0.4, 0.5) is 5.69 Å². The number of esters is 3. The van der Waals surface area contributed by atoms with E-state index >= 15 is 0 Å². The molecule has 5 atom stereocenters. The Balaban J connectivity index is 2.02. The number of nitrogens with zero attached hydrogens (tertiary/aromatic N) is 2. The molecule has 13 nitrogen and oxygen atoms in total. The van der Waals surface area contributed by atoms with Gasteiger partial charge in [0.1, 0.15) is 18.8 Å². The van der Waals surface area contributed by atoms with Gasteiger partial charge in [0.15, 0.2) is 17.9 Å². The van der Waals surface area contributed by atoms with Crippen molar-refractivity contribution in [2.24, 2.45) is 5.16 Å². The van der Waals surface area contributed by atoms with E-state index in [1.54, 1.807) is 11.0 Å². The number of fused-ring (bicyclic) bond motifs is 1. The van der Waals surface area contributed by atoms with Gasteiger partial charge in [-0.2, -0.15) is 0 Å². The largest absolute Gasteiger partial charge is 0.463 e. The summed E-state index contributed by atoms with van der Waals surface area (Å²) < 4.78 is 21.8. The van der Waals surface area contributed by atoms with Crippen molar-refractivity contribution in [1.82, 2.24) is 5.32 Å². The Bertz CT molecular complexity index is 1170. The Kier molecular flexibility index (Phi) is 9.62. The second-order valence-electron chi connectivity index (χ2n) is 9.24. The molecular weight excluding hydrogens is 514 g/mol. The van der Waals surface area contributed by atoms with Crippen molar-refractivity contribution in [1.29, 1.82) is 0 Å². The van der Waals surface area contributed by atoms with Crippen molar-refractivity contribution < 1.29 is 47.8 Å². The smallest absolute Gasteiger partial charge is 0.303 e. The van der Waals surface area contributed by atoms with Crippen LogP contribution in [0.15, 0.2) is 23.4 Å². The third kappa shape index (κ3) is 7.11. The number of aryl methyl sites for hydroxylation is 1. The Morgan fingerprint density at radius 2 is 1.69 bits per heavy atom. The average Bonchev–Trinajstić information content (AvgIpc) is 3.09. The van der Waals surface area contributed by atoms with Gasteiger partial charge in [0, 0.05) is 39.8 Å². The molecule has 0 unspecified atom stereocenters. The van der Waals surface area contributed by atoms with Gasteiger partial charge < -0.3 is 34.0 Å². The molecule has 2 amide bonds. The lowest BCUT2D eigenvalue weighted by Gasteiger charge is -2.43. The first-order valence-corrected chi connectivity index (χ1v) is 12.5. The summed E-state index contributed by atoms with van der Waals surface area (Å²) in [5.74, 6) is -3.01. The maximum Gasteiger partial charge on any atom is 0.303 e. The Morgan fingerprint density at radius 3 is 2.28 bits per heavy atom. The zero-order valence-corrected chi connectivity index (χ0v) is 22.7. The highest BCUT2D eigenvalue weighted by atomic mass is 16.8. The molecule has 1 N–H and O–H groups in total. The van der Waals surface area contributed by atoms with Crippen molar-refractivity contribution in [3.05, 3.63) is 29.3 Å². The van der Waals surface area contributed by atoms with Crippen molar-refractivity contribution in [2.45, 2.75) is 78.6 Å². The highest BCUT2D eigenvalue weighted by molar-refractivity contribution is 6.54. The minimum absolute atomic E-state index is 0.0232. The number of carbonyl (C=O) groups is 5. The fourth-order valence-electron chi connectivity index (χ4n) is 4.45. The van der Waals surface area contributed by atoms with Gasteiger partial charge in [0.05, 0.1) is 5.69 Å². The van der Waals surface area contributed by atoms with Crippen LogP contribution < -0.4 is 10.2 Å². The summed E-state index contributed by atoms with van der Waals surface area (Å²) in [6.45, 7) is 8.58. The van der Waals surface area contributed by atoms with Crippen LogP contribution >= 0.6 is 0 Å². The summed E-state index contributed by atoms with van der Waals surface area (Å²) in [5.41, 5.74) is 2.16. The number of hydrogen-bond acceptors (Lipinski definition) is 11. The van der Waals surface area contributed by atoms with Crippen molar-refractivity contribution in [2.75, 3.05) is 18.1 Å². The molecule has 0 aliphatic carbocycles. The highest BCUT2D eigenvalue weighted by Crippen LogP contribution is 2.32. The van der Waals surface area contributed by atoms with E-state index in [9.17, 15) is 24.0 Å². The number of nitrogens with one attached hydrogen (secondary N) is 1. The molecule has 2 aliphatic rings. The van der Waals surface area contributed by atoms with E-state index in [1.165, 1.54) is 13.8 Å². The Hall–Kier alpha value is -4.00. The number of benzene rings is 1. The second kappa shape index (κ2) is 12.7. The number of carbonyl (C=O) groups excluding carboxylic acids is 5. The van der Waals surface area contributed by atoms with E-state index in [-0.39, 0.29) is 18.2 Å². The van der Waals surface area contributed by atoms with E-state index in [4.69, 9.17) is 23.8 Å².